The number of rotatable bonds is 4. The number of aromatic nitrogens is 4. The molecule has 1 saturated heterocycles. The molecule has 2 aromatic rings. The van der Waals surface area contributed by atoms with Gasteiger partial charge in [0.15, 0.2) is 0 Å². The van der Waals surface area contributed by atoms with Crippen LogP contribution in [0.25, 0.3) is 0 Å². The van der Waals surface area contributed by atoms with Crippen molar-refractivity contribution in [2.45, 2.75) is 33.1 Å². The van der Waals surface area contributed by atoms with Gasteiger partial charge in [0, 0.05) is 57.7 Å². The summed E-state index contributed by atoms with van der Waals surface area (Å²) in [6.07, 6.45) is 5.75. The first-order chi connectivity index (χ1) is 12.1. The summed E-state index contributed by atoms with van der Waals surface area (Å²) in [7, 11) is 1.95. The van der Waals surface area contributed by atoms with E-state index < -0.39 is 0 Å². The summed E-state index contributed by atoms with van der Waals surface area (Å²) in [5, 5.41) is 4.43. The summed E-state index contributed by atoms with van der Waals surface area (Å²) in [4.78, 5) is 25.4. The first-order valence-corrected chi connectivity index (χ1v) is 8.85. The highest BCUT2D eigenvalue weighted by molar-refractivity contribution is 5.76. The molecule has 1 aliphatic heterocycles. The molecule has 0 atom stereocenters. The summed E-state index contributed by atoms with van der Waals surface area (Å²) in [5.41, 5.74) is 3.37. The summed E-state index contributed by atoms with van der Waals surface area (Å²) >= 11 is 0. The summed E-state index contributed by atoms with van der Waals surface area (Å²) in [5.74, 6) is 0.969. The zero-order valence-corrected chi connectivity index (χ0v) is 15.3. The smallest absolute Gasteiger partial charge is 0.225 e. The molecule has 1 amide bonds. The molecule has 3 rings (SSSR count). The predicted molar refractivity (Wildman–Crippen MR) is 96.4 cm³/mol. The molecule has 25 heavy (non-hydrogen) atoms. The fourth-order valence-corrected chi connectivity index (χ4v) is 3.39. The van der Waals surface area contributed by atoms with Crippen LogP contribution in [-0.2, 0) is 18.3 Å². The number of hydrogen-bond acceptors (Lipinski definition) is 5. The van der Waals surface area contributed by atoms with Crippen LogP contribution in [-0.4, -0.2) is 56.7 Å². The van der Waals surface area contributed by atoms with Gasteiger partial charge in [-0.25, -0.2) is 9.97 Å². The average molecular weight is 342 g/mol. The zero-order chi connectivity index (χ0) is 17.8. The van der Waals surface area contributed by atoms with Gasteiger partial charge in [-0.1, -0.05) is 0 Å². The summed E-state index contributed by atoms with van der Waals surface area (Å²) in [6.45, 7) is 7.25. The number of anilines is 1. The highest BCUT2D eigenvalue weighted by Gasteiger charge is 2.21. The zero-order valence-electron chi connectivity index (χ0n) is 15.3. The van der Waals surface area contributed by atoms with Crippen molar-refractivity contribution in [3.63, 3.8) is 0 Å². The Kier molecular flexibility index (Phi) is 5.31. The Morgan fingerprint density at radius 3 is 2.56 bits per heavy atom. The standard InChI is InChI=1S/C18H26N6O/c1-14-16(15(2)22(3)21-14)6-7-17(25)23-10-5-11-24(13-12-23)18-19-8-4-9-20-18/h4,8-9H,5-7,10-13H2,1-3H3. The Hall–Kier alpha value is -2.44. The van der Waals surface area contributed by atoms with Crippen molar-refractivity contribution in [2.24, 2.45) is 7.05 Å². The van der Waals surface area contributed by atoms with Crippen LogP contribution in [0.2, 0.25) is 0 Å². The molecule has 134 valence electrons. The third-order valence-electron chi connectivity index (χ3n) is 4.93. The molecular weight excluding hydrogens is 316 g/mol. The van der Waals surface area contributed by atoms with Gasteiger partial charge in [0.05, 0.1) is 5.69 Å². The van der Waals surface area contributed by atoms with Gasteiger partial charge >= 0.3 is 0 Å². The van der Waals surface area contributed by atoms with Crippen LogP contribution in [0.1, 0.15) is 29.8 Å². The Labute approximate surface area is 148 Å². The first kappa shape index (κ1) is 17.4. The average Bonchev–Trinajstić information content (AvgIpc) is 2.81. The maximum absolute atomic E-state index is 12.6. The Morgan fingerprint density at radius 2 is 1.88 bits per heavy atom. The van der Waals surface area contributed by atoms with E-state index in [1.54, 1.807) is 12.4 Å². The number of nitrogens with zero attached hydrogens (tertiary/aromatic N) is 6. The van der Waals surface area contributed by atoms with Crippen LogP contribution < -0.4 is 4.90 Å². The Balaban J connectivity index is 1.56. The molecule has 1 fully saturated rings. The predicted octanol–water partition coefficient (Wildman–Crippen LogP) is 1.50. The van der Waals surface area contributed by atoms with Crippen molar-refractivity contribution in [3.8, 4) is 0 Å². The minimum atomic E-state index is 0.221. The lowest BCUT2D eigenvalue weighted by atomic mass is 10.1. The molecule has 0 unspecified atom stereocenters. The Morgan fingerprint density at radius 1 is 1.12 bits per heavy atom. The number of amides is 1. The minimum absolute atomic E-state index is 0.221. The van der Waals surface area contributed by atoms with Gasteiger partial charge in [0.1, 0.15) is 0 Å². The van der Waals surface area contributed by atoms with Crippen molar-refractivity contribution < 1.29 is 4.79 Å². The first-order valence-electron chi connectivity index (χ1n) is 8.85. The molecule has 0 saturated carbocycles. The van der Waals surface area contributed by atoms with Crippen LogP contribution in [0, 0.1) is 13.8 Å². The number of aryl methyl sites for hydroxylation is 2. The van der Waals surface area contributed by atoms with E-state index in [2.05, 4.69) is 26.9 Å². The van der Waals surface area contributed by atoms with Crippen LogP contribution in [0.15, 0.2) is 18.5 Å². The maximum atomic E-state index is 12.6. The van der Waals surface area contributed by atoms with E-state index in [1.807, 2.05) is 29.6 Å². The second kappa shape index (κ2) is 7.63. The molecule has 0 aromatic carbocycles. The second-order valence-corrected chi connectivity index (χ2v) is 6.54. The minimum Gasteiger partial charge on any atom is -0.341 e. The van der Waals surface area contributed by atoms with Crippen LogP contribution in [0.3, 0.4) is 0 Å². The maximum Gasteiger partial charge on any atom is 0.225 e. The fourth-order valence-electron chi connectivity index (χ4n) is 3.39. The van der Waals surface area contributed by atoms with E-state index in [0.717, 1.165) is 56.4 Å². The monoisotopic (exact) mass is 342 g/mol. The lowest BCUT2D eigenvalue weighted by molar-refractivity contribution is -0.130. The number of carbonyl (C=O) groups is 1. The highest BCUT2D eigenvalue weighted by Crippen LogP contribution is 2.16. The van der Waals surface area contributed by atoms with E-state index >= 15 is 0 Å². The molecule has 0 N–H and O–H groups in total. The van der Waals surface area contributed by atoms with Crippen LogP contribution in [0.5, 0.6) is 0 Å². The van der Waals surface area contributed by atoms with E-state index in [-0.39, 0.29) is 5.91 Å². The van der Waals surface area contributed by atoms with Gasteiger partial charge in [0.2, 0.25) is 11.9 Å². The lowest BCUT2D eigenvalue weighted by Gasteiger charge is -2.22. The summed E-state index contributed by atoms with van der Waals surface area (Å²) in [6, 6.07) is 1.82. The van der Waals surface area contributed by atoms with E-state index in [1.165, 1.54) is 5.56 Å². The topological polar surface area (TPSA) is 67.2 Å². The van der Waals surface area contributed by atoms with Gasteiger partial charge < -0.3 is 9.80 Å². The van der Waals surface area contributed by atoms with Gasteiger partial charge in [-0.2, -0.15) is 5.10 Å². The van der Waals surface area contributed by atoms with Crippen LogP contribution in [0.4, 0.5) is 5.95 Å². The van der Waals surface area contributed by atoms with Crippen molar-refractivity contribution in [3.05, 3.63) is 35.4 Å². The fraction of sp³-hybridized carbons (Fsp3) is 0.556. The van der Waals surface area contributed by atoms with Gasteiger partial charge in [-0.15, -0.1) is 0 Å². The molecule has 0 radical (unpaired) electrons. The summed E-state index contributed by atoms with van der Waals surface area (Å²) < 4.78 is 1.89. The van der Waals surface area contributed by atoms with Gasteiger partial charge in [-0.05, 0) is 38.3 Å². The largest absolute Gasteiger partial charge is 0.341 e. The molecule has 7 nitrogen and oxygen atoms in total. The molecule has 7 heteroatoms. The van der Waals surface area contributed by atoms with E-state index in [0.29, 0.717) is 6.42 Å². The van der Waals surface area contributed by atoms with E-state index in [4.69, 9.17) is 0 Å². The van der Waals surface area contributed by atoms with E-state index in [9.17, 15) is 4.79 Å². The molecule has 0 spiro atoms. The number of hydrogen-bond donors (Lipinski definition) is 0. The van der Waals surface area contributed by atoms with Crippen molar-refractivity contribution >= 4 is 11.9 Å². The molecule has 0 bridgehead atoms. The lowest BCUT2D eigenvalue weighted by Crippen LogP contribution is -2.35. The SMILES string of the molecule is Cc1nn(C)c(C)c1CCC(=O)N1CCCN(c2ncccn2)CC1. The van der Waals surface area contributed by atoms with Crippen molar-refractivity contribution in [2.75, 3.05) is 31.1 Å². The quantitative estimate of drug-likeness (QED) is 0.842. The molecular formula is C18H26N6O. The molecule has 0 aliphatic carbocycles. The number of carbonyl (C=O) groups excluding carboxylic acids is 1. The third-order valence-corrected chi connectivity index (χ3v) is 4.93. The van der Waals surface area contributed by atoms with Crippen LogP contribution >= 0.6 is 0 Å². The highest BCUT2D eigenvalue weighted by atomic mass is 16.2. The molecule has 2 aromatic heterocycles. The molecule has 1 aliphatic rings. The van der Waals surface area contributed by atoms with Gasteiger partial charge in [-0.3, -0.25) is 9.48 Å². The van der Waals surface area contributed by atoms with Crippen molar-refractivity contribution in [1.29, 1.82) is 0 Å². The second-order valence-electron chi connectivity index (χ2n) is 6.54. The Bertz CT molecular complexity index is 727. The van der Waals surface area contributed by atoms with Gasteiger partial charge in [0.25, 0.3) is 0 Å². The third kappa shape index (κ3) is 3.97. The normalized spacial score (nSPS) is 15.3. The molecule has 3 heterocycles. The van der Waals surface area contributed by atoms with Crippen molar-refractivity contribution in [1.82, 2.24) is 24.6 Å².